The third-order valence-electron chi connectivity index (χ3n) is 12.7. The molecule has 1 N–H and O–H groups in total. The van der Waals surface area contributed by atoms with Gasteiger partial charge in [0, 0.05) is 54.2 Å². The molecule has 0 saturated heterocycles. The molecule has 1 aliphatic rings. The molecule has 0 bridgehead atoms. The lowest BCUT2D eigenvalue weighted by atomic mass is 10.1. The Labute approximate surface area is 353 Å². The van der Waals surface area contributed by atoms with E-state index in [2.05, 4.69) is 172 Å². The number of fused-ring (bicyclic) bond motifs is 13. The average Bonchev–Trinajstić information content (AvgIpc) is 4.08. The summed E-state index contributed by atoms with van der Waals surface area (Å²) in [6.45, 7) is 0. The number of hydrogen-bond donors (Lipinski definition) is 1. The summed E-state index contributed by atoms with van der Waals surface area (Å²) in [6.07, 6.45) is -0.534. The van der Waals surface area contributed by atoms with Gasteiger partial charge in [0.15, 0.2) is 11.4 Å². The Morgan fingerprint density at radius 1 is 0.419 bits per heavy atom. The highest BCUT2D eigenvalue weighted by Gasteiger charge is 2.27. The van der Waals surface area contributed by atoms with Gasteiger partial charge in [-0.1, -0.05) is 121 Å². The van der Waals surface area contributed by atoms with Crippen LogP contribution in [-0.2, 0) is 0 Å². The average molecular weight is 796 g/mol. The standard InChI is InChI=1S/C55H33N5O2/c1-2-14-33-29-47-42(27-32(33)13-1)38-17-5-8-20-44(38)59(47)48-30-35(28-43-40-19-7-12-24-50(40)62-52(43)48)54-56-53(34-25-26-41-39-18-6-11-23-49(39)61-51(41)31-34)57-55(58-54)60-45-21-9-3-15-36(45)37-16-4-10-22-46(37)60/h1-31,55H,(H,56,57,58). The summed E-state index contributed by atoms with van der Waals surface area (Å²) in [5.74, 6) is 1.31. The van der Waals surface area contributed by atoms with Gasteiger partial charge in [-0.05, 0) is 77.5 Å². The van der Waals surface area contributed by atoms with E-state index in [4.69, 9.17) is 18.8 Å². The van der Waals surface area contributed by atoms with E-state index >= 15 is 0 Å². The van der Waals surface area contributed by atoms with Crippen LogP contribution in [0.5, 0.6) is 0 Å². The number of hydrogen-bond acceptors (Lipinski definition) is 5. The van der Waals surface area contributed by atoms with Crippen molar-refractivity contribution in [3.63, 3.8) is 0 Å². The van der Waals surface area contributed by atoms with Crippen molar-refractivity contribution in [2.45, 2.75) is 6.29 Å². The number of aliphatic imine (C=N–C) groups is 2. The van der Waals surface area contributed by atoms with Crippen molar-refractivity contribution >= 4 is 110 Å². The molecule has 0 spiro atoms. The van der Waals surface area contributed by atoms with Crippen LogP contribution in [0, 0.1) is 0 Å². The Morgan fingerprint density at radius 2 is 1.00 bits per heavy atom. The Kier molecular flexibility index (Phi) is 6.76. The molecule has 7 nitrogen and oxygen atoms in total. The third kappa shape index (κ3) is 4.76. The number of furan rings is 2. The zero-order valence-electron chi connectivity index (χ0n) is 33.1. The minimum Gasteiger partial charge on any atom is -0.456 e. The second-order valence-corrected chi connectivity index (χ2v) is 16.2. The number of aromatic nitrogens is 2. The van der Waals surface area contributed by atoms with Crippen LogP contribution in [0.3, 0.4) is 0 Å². The molecule has 0 radical (unpaired) electrons. The van der Waals surface area contributed by atoms with Crippen molar-refractivity contribution in [2.24, 2.45) is 9.98 Å². The van der Waals surface area contributed by atoms with E-state index < -0.39 is 6.29 Å². The van der Waals surface area contributed by atoms with Gasteiger partial charge in [-0.25, -0.2) is 9.98 Å². The quantitative estimate of drug-likeness (QED) is 0.193. The van der Waals surface area contributed by atoms with Gasteiger partial charge >= 0.3 is 0 Å². The minimum atomic E-state index is -0.534. The molecule has 0 amide bonds. The van der Waals surface area contributed by atoms with E-state index in [1.54, 1.807) is 0 Å². The molecular weight excluding hydrogens is 763 g/mol. The van der Waals surface area contributed by atoms with Crippen LogP contribution in [0.2, 0.25) is 0 Å². The molecule has 290 valence electrons. The molecule has 7 heteroatoms. The van der Waals surface area contributed by atoms with Crippen molar-refractivity contribution in [1.82, 2.24) is 14.5 Å². The molecule has 13 aromatic rings. The van der Waals surface area contributed by atoms with E-state index in [0.29, 0.717) is 11.7 Å². The van der Waals surface area contributed by atoms with E-state index in [1.807, 2.05) is 30.3 Å². The summed E-state index contributed by atoms with van der Waals surface area (Å²) in [5.41, 5.74) is 10.3. The van der Waals surface area contributed by atoms with Crippen LogP contribution >= 0.6 is 0 Å². The molecule has 0 aliphatic carbocycles. The van der Waals surface area contributed by atoms with Crippen LogP contribution in [0.25, 0.3) is 104 Å². The van der Waals surface area contributed by atoms with Crippen LogP contribution < -0.4 is 5.32 Å². The summed E-state index contributed by atoms with van der Waals surface area (Å²) in [6, 6.07) is 66.1. The van der Waals surface area contributed by atoms with Crippen LogP contribution in [0.4, 0.5) is 0 Å². The number of benzene rings is 9. The van der Waals surface area contributed by atoms with E-state index in [0.717, 1.165) is 82.8 Å². The largest absolute Gasteiger partial charge is 0.456 e. The van der Waals surface area contributed by atoms with Gasteiger partial charge in [-0.2, -0.15) is 0 Å². The summed E-state index contributed by atoms with van der Waals surface area (Å²) in [4.78, 5) is 11.0. The summed E-state index contributed by atoms with van der Waals surface area (Å²) < 4.78 is 17.9. The molecule has 5 heterocycles. The maximum absolute atomic E-state index is 6.84. The first-order valence-electron chi connectivity index (χ1n) is 20.9. The first kappa shape index (κ1) is 33.4. The number of nitrogens with one attached hydrogen (secondary N) is 1. The van der Waals surface area contributed by atoms with Crippen LogP contribution in [-0.4, -0.2) is 20.8 Å². The van der Waals surface area contributed by atoms with E-state index in [-0.39, 0.29) is 0 Å². The Hall–Kier alpha value is -8.42. The zero-order valence-corrected chi connectivity index (χ0v) is 33.1. The molecule has 14 rings (SSSR count). The lowest BCUT2D eigenvalue weighted by molar-refractivity contribution is 0.515. The second-order valence-electron chi connectivity index (χ2n) is 16.2. The van der Waals surface area contributed by atoms with E-state index in [9.17, 15) is 0 Å². The number of nitrogens with zero attached hydrogens (tertiary/aromatic N) is 4. The summed E-state index contributed by atoms with van der Waals surface area (Å²) in [5, 5.41) is 15.0. The fourth-order valence-electron chi connectivity index (χ4n) is 9.95. The fraction of sp³-hybridized carbons (Fsp3) is 0.0182. The molecule has 0 saturated carbocycles. The van der Waals surface area contributed by atoms with Gasteiger partial charge in [0.2, 0.25) is 6.29 Å². The smallest absolute Gasteiger partial charge is 0.204 e. The predicted octanol–water partition coefficient (Wildman–Crippen LogP) is 13.8. The molecule has 1 unspecified atom stereocenters. The van der Waals surface area contributed by atoms with Gasteiger partial charge in [0.05, 0.1) is 27.8 Å². The number of rotatable bonds is 4. The topological polar surface area (TPSA) is 72.9 Å². The van der Waals surface area contributed by atoms with Crippen LogP contribution in [0.15, 0.2) is 207 Å². The number of amidine groups is 2. The van der Waals surface area contributed by atoms with Gasteiger partial charge in [0.25, 0.3) is 0 Å². The molecule has 0 fully saturated rings. The predicted molar refractivity (Wildman–Crippen MR) is 254 cm³/mol. The molecule has 1 aliphatic heterocycles. The Balaban J connectivity index is 1.06. The molecule has 1 atom stereocenters. The molecule has 62 heavy (non-hydrogen) atoms. The van der Waals surface area contributed by atoms with Crippen molar-refractivity contribution in [1.29, 1.82) is 0 Å². The summed E-state index contributed by atoms with van der Waals surface area (Å²) >= 11 is 0. The highest BCUT2D eigenvalue weighted by atomic mass is 16.3. The van der Waals surface area contributed by atoms with Gasteiger partial charge in [-0.3, -0.25) is 0 Å². The molecular formula is C55H33N5O2. The maximum atomic E-state index is 6.84. The lowest BCUT2D eigenvalue weighted by Crippen LogP contribution is -2.36. The van der Waals surface area contributed by atoms with Crippen molar-refractivity contribution in [3.8, 4) is 5.69 Å². The van der Waals surface area contributed by atoms with Gasteiger partial charge in [-0.15, -0.1) is 0 Å². The maximum Gasteiger partial charge on any atom is 0.204 e. The highest BCUT2D eigenvalue weighted by molar-refractivity contribution is 6.20. The normalized spacial score (nSPS) is 14.6. The lowest BCUT2D eigenvalue weighted by Gasteiger charge is -2.26. The second kappa shape index (κ2) is 12.5. The number of para-hydroxylation sites is 5. The Morgan fingerprint density at radius 3 is 1.74 bits per heavy atom. The van der Waals surface area contributed by atoms with Gasteiger partial charge < -0.3 is 23.3 Å². The SMILES string of the molecule is c1ccc2cc3c(cc2c1)c1ccccc1n3-c1cc(C2=NC(n3c4ccccc4c4ccccc43)NC(c3ccc4c(c3)oc3ccccc34)=N2)cc2c1oc1ccccc12. The monoisotopic (exact) mass is 795 g/mol. The van der Waals surface area contributed by atoms with Crippen LogP contribution in [0.1, 0.15) is 17.4 Å². The highest BCUT2D eigenvalue weighted by Crippen LogP contribution is 2.41. The first-order valence-corrected chi connectivity index (χ1v) is 20.9. The Bertz CT molecular complexity index is 4050. The first-order chi connectivity index (χ1) is 30.7. The molecule has 4 aromatic heterocycles. The fourth-order valence-corrected chi connectivity index (χ4v) is 9.95. The zero-order chi connectivity index (χ0) is 40.5. The van der Waals surface area contributed by atoms with Crippen molar-refractivity contribution < 1.29 is 8.83 Å². The van der Waals surface area contributed by atoms with Crippen molar-refractivity contribution in [3.05, 3.63) is 199 Å². The van der Waals surface area contributed by atoms with E-state index in [1.165, 1.54) is 32.3 Å². The summed E-state index contributed by atoms with van der Waals surface area (Å²) in [7, 11) is 0. The minimum absolute atomic E-state index is 0.534. The van der Waals surface area contributed by atoms with Crippen molar-refractivity contribution in [2.75, 3.05) is 0 Å². The van der Waals surface area contributed by atoms with Gasteiger partial charge in [0.1, 0.15) is 22.6 Å². The third-order valence-corrected chi connectivity index (χ3v) is 12.7. The molecule has 9 aromatic carbocycles.